The Morgan fingerprint density at radius 1 is 0.969 bits per heavy atom. The number of carbonyl (C=O) groups excluding carboxylic acids is 1. The SMILES string of the molecule is Cc1nc(Nc2cc(CC(=O)Nc3ccccc3)[nH]n2)nc(Oc2ccc(C)c(C)c2)n1. The van der Waals surface area contributed by atoms with Crippen molar-refractivity contribution < 1.29 is 9.53 Å². The van der Waals surface area contributed by atoms with Crippen LogP contribution in [0.15, 0.2) is 54.6 Å². The van der Waals surface area contributed by atoms with Gasteiger partial charge < -0.3 is 15.4 Å². The van der Waals surface area contributed by atoms with E-state index in [9.17, 15) is 4.79 Å². The highest BCUT2D eigenvalue weighted by Crippen LogP contribution is 2.22. The Balaban J connectivity index is 1.41. The molecule has 0 unspecified atom stereocenters. The fourth-order valence-electron chi connectivity index (χ4n) is 2.97. The topological polar surface area (TPSA) is 118 Å². The first kappa shape index (κ1) is 21.0. The van der Waals surface area contributed by atoms with Gasteiger partial charge >= 0.3 is 6.01 Å². The van der Waals surface area contributed by atoms with E-state index in [0.717, 1.165) is 11.3 Å². The van der Waals surface area contributed by atoms with E-state index in [4.69, 9.17) is 4.74 Å². The van der Waals surface area contributed by atoms with Crippen molar-refractivity contribution >= 4 is 23.4 Å². The van der Waals surface area contributed by atoms with E-state index in [1.807, 2.05) is 62.4 Å². The normalized spacial score (nSPS) is 10.6. The maximum Gasteiger partial charge on any atom is 0.327 e. The molecule has 0 saturated heterocycles. The van der Waals surface area contributed by atoms with Crippen molar-refractivity contribution in [3.8, 4) is 11.8 Å². The van der Waals surface area contributed by atoms with Crippen molar-refractivity contribution in [2.75, 3.05) is 10.6 Å². The highest BCUT2D eigenvalue weighted by atomic mass is 16.5. The van der Waals surface area contributed by atoms with Gasteiger partial charge in [0.05, 0.1) is 6.42 Å². The standard InChI is InChI=1S/C23H23N7O2/c1-14-9-10-19(11-15(14)2)32-23-25-16(3)24-22(28-23)27-20-12-18(29-30-20)13-21(31)26-17-7-5-4-6-8-17/h4-12H,13H2,1-3H3,(H,26,31)(H2,24,25,27,28,29,30). The summed E-state index contributed by atoms with van der Waals surface area (Å²) < 4.78 is 5.80. The van der Waals surface area contributed by atoms with E-state index in [1.165, 1.54) is 5.56 Å². The third kappa shape index (κ3) is 5.45. The minimum Gasteiger partial charge on any atom is -0.424 e. The lowest BCUT2D eigenvalue weighted by Gasteiger charge is -2.08. The quantitative estimate of drug-likeness (QED) is 0.402. The number of aromatic nitrogens is 5. The molecule has 2 aromatic heterocycles. The van der Waals surface area contributed by atoms with E-state index in [0.29, 0.717) is 29.0 Å². The van der Waals surface area contributed by atoms with Crippen molar-refractivity contribution in [2.45, 2.75) is 27.2 Å². The summed E-state index contributed by atoms with van der Waals surface area (Å²) in [4.78, 5) is 25.1. The summed E-state index contributed by atoms with van der Waals surface area (Å²) in [6, 6.07) is 17.0. The van der Waals surface area contributed by atoms with Gasteiger partial charge in [-0.15, -0.1) is 0 Å². The summed E-state index contributed by atoms with van der Waals surface area (Å²) in [7, 11) is 0. The van der Waals surface area contributed by atoms with Crippen molar-refractivity contribution in [3.63, 3.8) is 0 Å². The maximum atomic E-state index is 12.2. The van der Waals surface area contributed by atoms with Gasteiger partial charge in [-0.2, -0.15) is 20.1 Å². The molecule has 2 aromatic carbocycles. The van der Waals surface area contributed by atoms with Gasteiger partial charge in [0.1, 0.15) is 11.6 Å². The maximum absolute atomic E-state index is 12.2. The molecule has 32 heavy (non-hydrogen) atoms. The number of aromatic amines is 1. The largest absolute Gasteiger partial charge is 0.424 e. The molecule has 9 nitrogen and oxygen atoms in total. The fourth-order valence-corrected chi connectivity index (χ4v) is 2.97. The Labute approximate surface area is 185 Å². The van der Waals surface area contributed by atoms with Crippen molar-refractivity contribution in [2.24, 2.45) is 0 Å². The molecule has 2 heterocycles. The van der Waals surface area contributed by atoms with Gasteiger partial charge in [0.2, 0.25) is 11.9 Å². The number of rotatable bonds is 7. The predicted octanol–water partition coefficient (Wildman–Crippen LogP) is 4.24. The average molecular weight is 429 g/mol. The lowest BCUT2D eigenvalue weighted by molar-refractivity contribution is -0.115. The Bertz CT molecular complexity index is 1240. The lowest BCUT2D eigenvalue weighted by atomic mass is 10.1. The van der Waals surface area contributed by atoms with Crippen LogP contribution in [0.5, 0.6) is 11.8 Å². The van der Waals surface area contributed by atoms with E-state index in [2.05, 4.69) is 35.8 Å². The molecule has 0 atom stereocenters. The number of nitrogens with one attached hydrogen (secondary N) is 3. The summed E-state index contributed by atoms with van der Waals surface area (Å²) in [5, 5.41) is 12.9. The van der Waals surface area contributed by atoms with Crippen LogP contribution in [-0.2, 0) is 11.2 Å². The van der Waals surface area contributed by atoms with Crippen molar-refractivity contribution in [1.82, 2.24) is 25.1 Å². The number of carbonyl (C=O) groups is 1. The predicted molar refractivity (Wildman–Crippen MR) is 121 cm³/mol. The van der Waals surface area contributed by atoms with Gasteiger partial charge in [-0.05, 0) is 56.2 Å². The number of hydrogen-bond donors (Lipinski definition) is 3. The number of hydrogen-bond acceptors (Lipinski definition) is 7. The monoisotopic (exact) mass is 429 g/mol. The zero-order valence-corrected chi connectivity index (χ0v) is 18.0. The van der Waals surface area contributed by atoms with E-state index >= 15 is 0 Å². The molecule has 0 spiro atoms. The van der Waals surface area contributed by atoms with Gasteiger partial charge in [-0.25, -0.2) is 0 Å². The van der Waals surface area contributed by atoms with Crippen LogP contribution in [-0.4, -0.2) is 31.1 Å². The molecule has 4 aromatic rings. The first-order valence-corrected chi connectivity index (χ1v) is 10.1. The third-order valence-corrected chi connectivity index (χ3v) is 4.69. The van der Waals surface area contributed by atoms with Crippen LogP contribution in [0.4, 0.5) is 17.5 Å². The summed E-state index contributed by atoms with van der Waals surface area (Å²) in [5.41, 5.74) is 3.69. The first-order chi connectivity index (χ1) is 15.4. The highest BCUT2D eigenvalue weighted by molar-refractivity contribution is 5.92. The second-order valence-electron chi connectivity index (χ2n) is 7.33. The van der Waals surface area contributed by atoms with Crippen LogP contribution in [0.2, 0.25) is 0 Å². The van der Waals surface area contributed by atoms with Gasteiger partial charge in [0.15, 0.2) is 5.82 Å². The molecular weight excluding hydrogens is 406 g/mol. The minimum atomic E-state index is -0.147. The molecule has 0 radical (unpaired) electrons. The van der Waals surface area contributed by atoms with Crippen LogP contribution in [0.1, 0.15) is 22.6 Å². The highest BCUT2D eigenvalue weighted by Gasteiger charge is 2.11. The van der Waals surface area contributed by atoms with Crippen molar-refractivity contribution in [3.05, 3.63) is 77.2 Å². The number of amides is 1. The number of anilines is 3. The molecule has 3 N–H and O–H groups in total. The Morgan fingerprint density at radius 2 is 1.78 bits per heavy atom. The van der Waals surface area contributed by atoms with Gasteiger partial charge in [-0.1, -0.05) is 24.3 Å². The molecule has 1 amide bonds. The lowest BCUT2D eigenvalue weighted by Crippen LogP contribution is -2.14. The Morgan fingerprint density at radius 3 is 2.56 bits per heavy atom. The number of benzene rings is 2. The molecule has 0 aliphatic carbocycles. The van der Waals surface area contributed by atoms with Crippen molar-refractivity contribution in [1.29, 1.82) is 0 Å². The second-order valence-corrected chi connectivity index (χ2v) is 7.33. The number of para-hydroxylation sites is 1. The minimum absolute atomic E-state index is 0.147. The summed E-state index contributed by atoms with van der Waals surface area (Å²) in [6.07, 6.45) is 0.154. The zero-order valence-electron chi connectivity index (χ0n) is 18.0. The second kappa shape index (κ2) is 9.25. The Hall–Kier alpha value is -4.27. The van der Waals surface area contributed by atoms with Crippen LogP contribution >= 0.6 is 0 Å². The summed E-state index contributed by atoms with van der Waals surface area (Å²) in [6.45, 7) is 5.81. The van der Waals surface area contributed by atoms with E-state index in [-0.39, 0.29) is 18.3 Å². The molecule has 162 valence electrons. The third-order valence-electron chi connectivity index (χ3n) is 4.69. The van der Waals surface area contributed by atoms with E-state index < -0.39 is 0 Å². The molecule has 4 rings (SSSR count). The Kier molecular flexibility index (Phi) is 6.07. The van der Waals surface area contributed by atoms with E-state index in [1.54, 1.807) is 13.0 Å². The average Bonchev–Trinajstić information content (AvgIpc) is 3.17. The molecule has 0 aliphatic rings. The van der Waals surface area contributed by atoms with Crippen LogP contribution < -0.4 is 15.4 Å². The fraction of sp³-hybridized carbons (Fsp3) is 0.174. The van der Waals surface area contributed by atoms with Gasteiger partial charge in [0, 0.05) is 17.4 Å². The smallest absolute Gasteiger partial charge is 0.327 e. The van der Waals surface area contributed by atoms with Crippen LogP contribution in [0.3, 0.4) is 0 Å². The molecule has 0 aliphatic heterocycles. The molecule has 0 fully saturated rings. The van der Waals surface area contributed by atoms with Gasteiger partial charge in [0.25, 0.3) is 0 Å². The molecular formula is C23H23N7O2. The van der Waals surface area contributed by atoms with Crippen LogP contribution in [0.25, 0.3) is 0 Å². The number of nitrogens with zero attached hydrogens (tertiary/aromatic N) is 4. The van der Waals surface area contributed by atoms with Gasteiger partial charge in [-0.3, -0.25) is 9.89 Å². The number of H-pyrrole nitrogens is 1. The summed E-state index contributed by atoms with van der Waals surface area (Å²) >= 11 is 0. The van der Waals surface area contributed by atoms with Crippen LogP contribution in [0, 0.1) is 20.8 Å². The zero-order chi connectivity index (χ0) is 22.5. The molecule has 9 heteroatoms. The first-order valence-electron chi connectivity index (χ1n) is 10.1. The summed E-state index contributed by atoms with van der Waals surface area (Å²) in [5.74, 6) is 1.78. The molecule has 0 bridgehead atoms. The number of aryl methyl sites for hydroxylation is 3. The molecule has 0 saturated carbocycles. The number of ether oxygens (including phenoxy) is 1.